The number of carbonyl (C=O) groups excluding carboxylic acids is 2. The molecule has 1 saturated carbocycles. The van der Waals surface area contributed by atoms with Gasteiger partial charge >= 0.3 is 10.1 Å². The maximum Gasteiger partial charge on any atom is 0.338 e. The van der Waals surface area contributed by atoms with E-state index < -0.39 is 37.9 Å². The molecule has 4 unspecified atom stereocenters. The molecule has 10 heteroatoms. The molecular formula is C26H31ClO7S2. The second kappa shape index (κ2) is 8.70. The van der Waals surface area contributed by atoms with Gasteiger partial charge < -0.3 is 13.7 Å². The lowest BCUT2D eigenvalue weighted by atomic mass is 9.40. The zero-order valence-corrected chi connectivity index (χ0v) is 23.8. The van der Waals surface area contributed by atoms with E-state index in [0.29, 0.717) is 17.7 Å². The molecule has 0 aliphatic heterocycles. The predicted molar refractivity (Wildman–Crippen MR) is 138 cm³/mol. The smallest absolute Gasteiger partial charge is 0.338 e. The Balaban J connectivity index is 2.10. The minimum Gasteiger partial charge on any atom is -0.381 e. The molecule has 196 valence electrons. The molecule has 1 aromatic carbocycles. The Morgan fingerprint density at radius 2 is 1.75 bits per heavy atom. The van der Waals surface area contributed by atoms with Gasteiger partial charge in [0.2, 0.25) is 11.6 Å². The van der Waals surface area contributed by atoms with Crippen LogP contribution >= 0.6 is 23.4 Å². The number of hydrogen-bond donors (Lipinski definition) is 0. The average molecular weight is 555 g/mol. The van der Waals surface area contributed by atoms with Gasteiger partial charge in [0.05, 0.1) is 15.9 Å². The van der Waals surface area contributed by atoms with Crippen LogP contribution in [0.25, 0.3) is 0 Å². The Kier molecular flexibility index (Phi) is 6.62. The molecular weight excluding hydrogens is 524 g/mol. The van der Waals surface area contributed by atoms with E-state index in [1.807, 2.05) is 26.8 Å². The van der Waals surface area contributed by atoms with Crippen molar-refractivity contribution in [2.75, 3.05) is 20.0 Å². The zero-order valence-electron chi connectivity index (χ0n) is 21.4. The molecule has 0 saturated heterocycles. The molecule has 4 aliphatic carbocycles. The van der Waals surface area contributed by atoms with Gasteiger partial charge in [-0.2, -0.15) is 8.42 Å². The number of allylic oxidation sites excluding steroid dienone is 3. The highest BCUT2D eigenvalue weighted by molar-refractivity contribution is 8.13. The van der Waals surface area contributed by atoms with Gasteiger partial charge in [-0.05, 0) is 56.6 Å². The number of aryl methyl sites for hydroxylation is 1. The van der Waals surface area contributed by atoms with E-state index >= 15 is 0 Å². The standard InChI is InChI=1S/C26H31ClO7S2/c1-8-35-22(29)23(4)18-14-11-16(3)25(18)19(27)20(24(23,5)26(32-6,33-7)21(25)28)34-36(30,31)17-12-9-15(2)10-13-17/h9-10,12-14,16H,8,11H2,1-7H3. The fourth-order valence-corrected chi connectivity index (χ4v) is 8.93. The van der Waals surface area contributed by atoms with Crippen molar-refractivity contribution in [1.29, 1.82) is 0 Å². The molecule has 0 amide bonds. The second-order valence-corrected chi connectivity index (χ2v) is 13.0. The van der Waals surface area contributed by atoms with Crippen LogP contribution in [0.3, 0.4) is 0 Å². The molecule has 0 N–H and O–H groups in total. The maximum absolute atomic E-state index is 14.4. The number of benzene rings is 1. The molecule has 7 nitrogen and oxygen atoms in total. The summed E-state index contributed by atoms with van der Waals surface area (Å²) >= 11 is 8.11. The number of rotatable bonds is 7. The number of ether oxygens (including phenoxy) is 2. The summed E-state index contributed by atoms with van der Waals surface area (Å²) in [6.45, 7) is 8.82. The van der Waals surface area contributed by atoms with Crippen molar-refractivity contribution in [3.63, 3.8) is 0 Å². The lowest BCUT2D eigenvalue weighted by molar-refractivity contribution is -0.288. The van der Waals surface area contributed by atoms with Gasteiger partial charge in [0.15, 0.2) is 5.12 Å². The van der Waals surface area contributed by atoms with Gasteiger partial charge in [-0.1, -0.05) is 61.0 Å². The van der Waals surface area contributed by atoms with Crippen LogP contribution in [0.15, 0.2) is 51.6 Å². The molecule has 1 spiro atoms. The van der Waals surface area contributed by atoms with E-state index in [0.717, 1.165) is 17.3 Å². The molecule has 1 aromatic rings. The lowest BCUT2D eigenvalue weighted by Gasteiger charge is -2.66. The largest absolute Gasteiger partial charge is 0.381 e. The van der Waals surface area contributed by atoms with E-state index in [2.05, 4.69) is 0 Å². The van der Waals surface area contributed by atoms with Crippen molar-refractivity contribution < 1.29 is 31.7 Å². The number of methoxy groups -OCH3 is 2. The quantitative estimate of drug-likeness (QED) is 0.264. The zero-order chi connectivity index (χ0) is 26.9. The first-order valence-electron chi connectivity index (χ1n) is 11.7. The number of fused-ring (bicyclic) bond motifs is 1. The monoisotopic (exact) mass is 554 g/mol. The van der Waals surface area contributed by atoms with Crippen LogP contribution in [0, 0.1) is 29.1 Å². The van der Waals surface area contributed by atoms with Crippen LogP contribution in [0.2, 0.25) is 0 Å². The lowest BCUT2D eigenvalue weighted by Crippen LogP contribution is -2.77. The molecule has 36 heavy (non-hydrogen) atoms. The van der Waals surface area contributed by atoms with Gasteiger partial charge in [0.1, 0.15) is 16.1 Å². The van der Waals surface area contributed by atoms with Gasteiger partial charge in [0.25, 0.3) is 0 Å². The molecule has 0 radical (unpaired) electrons. The van der Waals surface area contributed by atoms with Crippen LogP contribution in [0.1, 0.15) is 39.7 Å². The van der Waals surface area contributed by atoms with Crippen molar-refractivity contribution in [3.05, 3.63) is 52.3 Å². The van der Waals surface area contributed by atoms with Crippen molar-refractivity contribution in [2.24, 2.45) is 22.2 Å². The Labute approximate surface area is 221 Å². The number of Topliss-reactive ketones (excluding diaryl/α,β-unsaturated/α-hetero) is 1. The summed E-state index contributed by atoms with van der Waals surface area (Å²) in [6.07, 6.45) is 2.35. The summed E-state index contributed by atoms with van der Waals surface area (Å²) in [6, 6.07) is 6.19. The van der Waals surface area contributed by atoms with Crippen molar-refractivity contribution in [2.45, 2.75) is 51.7 Å². The van der Waals surface area contributed by atoms with Crippen LogP contribution < -0.4 is 0 Å². The van der Waals surface area contributed by atoms with Crippen LogP contribution in [-0.4, -0.2) is 45.1 Å². The summed E-state index contributed by atoms with van der Waals surface area (Å²) in [5, 5.41) is -0.292. The number of halogens is 1. The SMILES string of the molecule is CCSC(=O)C1(C)C2=CCC(C)C23C(=O)C(OC)(OC)C1(C)C(OS(=O)(=O)c1ccc(C)cc1)=C3Cl. The van der Waals surface area contributed by atoms with E-state index in [1.54, 1.807) is 26.0 Å². The average Bonchev–Trinajstić information content (AvgIpc) is 3.19. The Hall–Kier alpha value is -1.65. The Morgan fingerprint density at radius 1 is 1.17 bits per heavy atom. The number of hydrogen-bond acceptors (Lipinski definition) is 8. The predicted octanol–water partition coefficient (Wildman–Crippen LogP) is 4.98. The minimum absolute atomic E-state index is 0.0431. The topological polar surface area (TPSA) is 96.0 Å². The summed E-state index contributed by atoms with van der Waals surface area (Å²) in [5.74, 6) is -2.60. The maximum atomic E-state index is 14.4. The first-order chi connectivity index (χ1) is 16.8. The van der Waals surface area contributed by atoms with Crippen molar-refractivity contribution in [1.82, 2.24) is 0 Å². The van der Waals surface area contributed by atoms with E-state index in [4.69, 9.17) is 25.3 Å². The second-order valence-electron chi connectivity index (χ2n) is 9.88. The van der Waals surface area contributed by atoms with Crippen LogP contribution in [0.4, 0.5) is 0 Å². The normalized spacial score (nSPS) is 32.9. The summed E-state index contributed by atoms with van der Waals surface area (Å²) < 4.78 is 44.6. The fraction of sp³-hybridized carbons (Fsp3) is 0.538. The third-order valence-electron chi connectivity index (χ3n) is 8.45. The van der Waals surface area contributed by atoms with Gasteiger partial charge in [-0.3, -0.25) is 9.59 Å². The number of ketones is 1. The van der Waals surface area contributed by atoms with Gasteiger partial charge in [0, 0.05) is 14.2 Å². The van der Waals surface area contributed by atoms with E-state index in [-0.39, 0.29) is 26.7 Å². The van der Waals surface area contributed by atoms with Gasteiger partial charge in [-0.25, -0.2) is 0 Å². The Morgan fingerprint density at radius 3 is 2.28 bits per heavy atom. The summed E-state index contributed by atoms with van der Waals surface area (Å²) in [4.78, 5) is 28.2. The highest BCUT2D eigenvalue weighted by Gasteiger charge is 2.85. The molecule has 4 atom stereocenters. The first kappa shape index (κ1) is 27.4. The molecule has 4 aliphatic rings. The van der Waals surface area contributed by atoms with Crippen molar-refractivity contribution in [3.8, 4) is 0 Å². The highest BCUT2D eigenvalue weighted by atomic mass is 35.5. The molecule has 5 rings (SSSR count). The summed E-state index contributed by atoms with van der Waals surface area (Å²) in [5.41, 5.74) is -3.26. The van der Waals surface area contributed by atoms with E-state index in [1.165, 1.54) is 26.4 Å². The highest BCUT2D eigenvalue weighted by Crippen LogP contribution is 2.77. The van der Waals surface area contributed by atoms with Crippen molar-refractivity contribution >= 4 is 44.4 Å². The van der Waals surface area contributed by atoms with Crippen LogP contribution in [-0.2, 0) is 33.4 Å². The number of carbonyl (C=O) groups is 2. The third-order valence-corrected chi connectivity index (χ3v) is 11.1. The van der Waals surface area contributed by atoms with Gasteiger partial charge in [-0.15, -0.1) is 0 Å². The Bertz CT molecular complexity index is 1300. The molecule has 0 heterocycles. The van der Waals surface area contributed by atoms with E-state index in [9.17, 15) is 18.0 Å². The third kappa shape index (κ3) is 2.98. The van der Waals surface area contributed by atoms with Crippen LogP contribution in [0.5, 0.6) is 0 Å². The number of thioether (sulfide) groups is 1. The fourth-order valence-electron chi connectivity index (χ4n) is 6.39. The molecule has 0 aromatic heterocycles. The molecule has 2 bridgehead atoms. The first-order valence-corrected chi connectivity index (χ1v) is 14.5. The molecule has 1 fully saturated rings. The minimum atomic E-state index is -4.39. The summed E-state index contributed by atoms with van der Waals surface area (Å²) in [7, 11) is -1.77.